The van der Waals surface area contributed by atoms with Crippen molar-refractivity contribution in [3.05, 3.63) is 70.3 Å². The minimum atomic E-state index is -0.243. The van der Waals surface area contributed by atoms with Gasteiger partial charge in [0, 0.05) is 11.2 Å². The first-order valence-corrected chi connectivity index (χ1v) is 7.22. The highest BCUT2D eigenvalue weighted by molar-refractivity contribution is 9.10. The fourth-order valence-corrected chi connectivity index (χ4v) is 2.52. The minimum absolute atomic E-state index is 0.0382. The molecule has 4 heteroatoms. The number of H-pyrrole nitrogens is 1. The summed E-state index contributed by atoms with van der Waals surface area (Å²) in [5.41, 5.74) is 2.14. The van der Waals surface area contributed by atoms with Gasteiger partial charge in [0.15, 0.2) is 5.78 Å². The van der Waals surface area contributed by atoms with E-state index in [1.165, 1.54) is 6.08 Å². The second-order valence-corrected chi connectivity index (χ2v) is 5.50. The number of carbonyl (C=O) groups is 1. The quantitative estimate of drug-likeness (QED) is 0.543. The topological polar surface area (TPSA) is 53.1 Å². The van der Waals surface area contributed by atoms with Gasteiger partial charge in [-0.25, -0.2) is 0 Å². The molecular weight excluding hydrogens is 330 g/mol. The van der Waals surface area contributed by atoms with Crippen LogP contribution in [0.25, 0.3) is 17.0 Å². The van der Waals surface area contributed by atoms with Crippen molar-refractivity contribution in [2.75, 3.05) is 0 Å². The van der Waals surface area contributed by atoms with Gasteiger partial charge in [0.25, 0.3) is 0 Å². The van der Waals surface area contributed by atoms with E-state index in [1.54, 1.807) is 24.3 Å². The van der Waals surface area contributed by atoms with Crippen LogP contribution >= 0.6 is 15.9 Å². The molecule has 0 aliphatic rings. The number of ketones is 1. The molecule has 0 saturated carbocycles. The third-order valence-corrected chi connectivity index (χ3v) is 3.86. The van der Waals surface area contributed by atoms with Gasteiger partial charge in [0.05, 0.1) is 10.0 Å². The molecule has 0 aliphatic heterocycles. The second kappa shape index (κ2) is 5.58. The van der Waals surface area contributed by atoms with Crippen LogP contribution in [0.1, 0.15) is 16.1 Å². The van der Waals surface area contributed by atoms with E-state index in [9.17, 15) is 9.90 Å². The third kappa shape index (κ3) is 2.76. The molecular formula is C17H12BrNO2. The molecule has 3 nitrogen and oxygen atoms in total. The van der Waals surface area contributed by atoms with Crippen molar-refractivity contribution < 1.29 is 9.90 Å². The first kappa shape index (κ1) is 13.6. The molecule has 21 heavy (non-hydrogen) atoms. The van der Waals surface area contributed by atoms with E-state index in [0.717, 1.165) is 16.6 Å². The highest BCUT2D eigenvalue weighted by atomic mass is 79.9. The summed E-state index contributed by atoms with van der Waals surface area (Å²) in [4.78, 5) is 15.3. The number of para-hydroxylation sites is 2. The number of hydrogen-bond acceptors (Lipinski definition) is 2. The Bertz CT molecular complexity index is 816. The van der Waals surface area contributed by atoms with Gasteiger partial charge in [-0.1, -0.05) is 24.3 Å². The summed E-state index contributed by atoms with van der Waals surface area (Å²) in [5, 5.41) is 11.0. The van der Waals surface area contributed by atoms with Crippen LogP contribution in [0, 0.1) is 0 Å². The number of hydrogen-bond donors (Lipinski definition) is 2. The lowest BCUT2D eigenvalue weighted by Crippen LogP contribution is -1.95. The van der Waals surface area contributed by atoms with Gasteiger partial charge in [-0.15, -0.1) is 0 Å². The van der Waals surface area contributed by atoms with Crippen LogP contribution in [-0.4, -0.2) is 15.9 Å². The first-order chi connectivity index (χ1) is 10.1. The lowest BCUT2D eigenvalue weighted by molar-refractivity contribution is 0.104. The lowest BCUT2D eigenvalue weighted by Gasteiger charge is -2.01. The Labute approximate surface area is 130 Å². The maximum atomic E-state index is 12.1. The summed E-state index contributed by atoms with van der Waals surface area (Å²) >= 11 is 3.20. The summed E-state index contributed by atoms with van der Waals surface area (Å²) in [6.45, 7) is 0. The zero-order valence-corrected chi connectivity index (χ0v) is 12.6. The molecule has 2 aromatic carbocycles. The van der Waals surface area contributed by atoms with Gasteiger partial charge >= 0.3 is 0 Å². The number of aromatic nitrogens is 1. The van der Waals surface area contributed by atoms with Crippen molar-refractivity contribution in [1.29, 1.82) is 0 Å². The molecule has 1 heterocycles. The van der Waals surface area contributed by atoms with E-state index >= 15 is 0 Å². The smallest absolute Gasteiger partial charge is 0.189 e. The molecule has 3 aromatic rings. The summed E-state index contributed by atoms with van der Waals surface area (Å²) < 4.78 is 0.507. The molecule has 104 valence electrons. The molecule has 0 spiro atoms. The van der Waals surface area contributed by atoms with Crippen molar-refractivity contribution in [2.24, 2.45) is 0 Å². The number of rotatable bonds is 3. The Hall–Kier alpha value is -2.33. The summed E-state index contributed by atoms with van der Waals surface area (Å²) in [6.07, 6.45) is 3.16. The zero-order valence-electron chi connectivity index (χ0n) is 11.0. The van der Waals surface area contributed by atoms with Crippen LogP contribution in [0.3, 0.4) is 0 Å². The van der Waals surface area contributed by atoms with E-state index in [1.807, 2.05) is 30.3 Å². The van der Waals surface area contributed by atoms with Gasteiger partial charge in [-0.05, 0) is 57.7 Å². The molecule has 0 radical (unpaired) electrons. The number of halogens is 1. The standard InChI is InChI=1S/C17H12BrNO2/c18-14-6-3-5-13(17(14)21)16(20)9-8-12-10-11-4-1-2-7-15(11)19-12/h1-10,19,21H/b9-8+. The number of allylic oxidation sites excluding steroid dienone is 1. The third-order valence-electron chi connectivity index (χ3n) is 3.22. The monoisotopic (exact) mass is 341 g/mol. The van der Waals surface area contributed by atoms with Crippen molar-refractivity contribution in [3.63, 3.8) is 0 Å². The normalized spacial score (nSPS) is 11.3. The van der Waals surface area contributed by atoms with E-state index in [4.69, 9.17) is 0 Å². The van der Waals surface area contributed by atoms with Crippen molar-refractivity contribution in [3.8, 4) is 5.75 Å². The van der Waals surface area contributed by atoms with Crippen LogP contribution in [-0.2, 0) is 0 Å². The highest BCUT2D eigenvalue weighted by Crippen LogP contribution is 2.28. The maximum absolute atomic E-state index is 12.1. The zero-order chi connectivity index (χ0) is 14.8. The molecule has 1 aromatic heterocycles. The summed E-state index contributed by atoms with van der Waals surface area (Å²) in [6, 6.07) is 14.9. The molecule has 0 bridgehead atoms. The van der Waals surface area contributed by atoms with Crippen LogP contribution in [0.5, 0.6) is 5.75 Å². The van der Waals surface area contributed by atoms with Crippen LogP contribution in [0.2, 0.25) is 0 Å². The van der Waals surface area contributed by atoms with Crippen LogP contribution in [0.4, 0.5) is 0 Å². The van der Waals surface area contributed by atoms with E-state index in [2.05, 4.69) is 20.9 Å². The molecule has 0 amide bonds. The molecule has 3 rings (SSSR count). The Morgan fingerprint density at radius 1 is 1.14 bits per heavy atom. The SMILES string of the molecule is O=C(/C=C/c1cc2ccccc2[nH]1)c1cccc(Br)c1O. The van der Waals surface area contributed by atoms with Crippen molar-refractivity contribution in [1.82, 2.24) is 4.98 Å². The van der Waals surface area contributed by atoms with Crippen LogP contribution < -0.4 is 0 Å². The number of phenols is 1. The van der Waals surface area contributed by atoms with Crippen molar-refractivity contribution >= 4 is 38.7 Å². The van der Waals surface area contributed by atoms with Gasteiger partial charge in [0.2, 0.25) is 0 Å². The summed E-state index contributed by atoms with van der Waals surface area (Å²) in [5.74, 6) is -0.281. The number of nitrogens with one attached hydrogen (secondary N) is 1. The van der Waals surface area contributed by atoms with Crippen LogP contribution in [0.15, 0.2) is 59.1 Å². The lowest BCUT2D eigenvalue weighted by atomic mass is 10.1. The number of fused-ring (bicyclic) bond motifs is 1. The average molecular weight is 342 g/mol. The maximum Gasteiger partial charge on any atom is 0.189 e. The molecule has 0 atom stereocenters. The highest BCUT2D eigenvalue weighted by Gasteiger charge is 2.10. The molecule has 2 N–H and O–H groups in total. The number of phenolic OH excluding ortho intramolecular Hbond substituents is 1. The Balaban J connectivity index is 1.88. The van der Waals surface area contributed by atoms with E-state index in [-0.39, 0.29) is 17.1 Å². The fourth-order valence-electron chi connectivity index (χ4n) is 2.16. The minimum Gasteiger partial charge on any atom is -0.506 e. The molecule has 0 aliphatic carbocycles. The Kier molecular flexibility index (Phi) is 3.62. The molecule has 0 saturated heterocycles. The van der Waals surface area contributed by atoms with Gasteiger partial charge in [-0.3, -0.25) is 4.79 Å². The Morgan fingerprint density at radius 3 is 2.76 bits per heavy atom. The van der Waals surface area contributed by atoms with Gasteiger partial charge in [0.1, 0.15) is 5.75 Å². The largest absolute Gasteiger partial charge is 0.506 e. The Morgan fingerprint density at radius 2 is 1.95 bits per heavy atom. The summed E-state index contributed by atoms with van der Waals surface area (Å²) in [7, 11) is 0. The number of benzene rings is 2. The number of aromatic hydroxyl groups is 1. The molecule has 0 unspecified atom stereocenters. The first-order valence-electron chi connectivity index (χ1n) is 6.43. The predicted molar refractivity (Wildman–Crippen MR) is 87.5 cm³/mol. The fraction of sp³-hybridized carbons (Fsp3) is 0. The van der Waals surface area contributed by atoms with Gasteiger partial charge in [-0.2, -0.15) is 0 Å². The number of carbonyl (C=O) groups excluding carboxylic acids is 1. The second-order valence-electron chi connectivity index (χ2n) is 4.65. The number of aromatic amines is 1. The average Bonchev–Trinajstić information content (AvgIpc) is 2.90. The molecule has 0 fully saturated rings. The van der Waals surface area contributed by atoms with E-state index in [0.29, 0.717) is 4.47 Å². The van der Waals surface area contributed by atoms with Crippen molar-refractivity contribution in [2.45, 2.75) is 0 Å². The van der Waals surface area contributed by atoms with Gasteiger partial charge < -0.3 is 10.1 Å². The van der Waals surface area contributed by atoms with E-state index < -0.39 is 0 Å². The predicted octanol–water partition coefficient (Wildman–Crippen LogP) is 4.53.